The molecular formula is C16H16Br2N2O. The van der Waals surface area contributed by atoms with Gasteiger partial charge in [-0.1, -0.05) is 34.1 Å². The van der Waals surface area contributed by atoms with Gasteiger partial charge < -0.3 is 10.6 Å². The van der Waals surface area contributed by atoms with Crippen molar-refractivity contribution >= 4 is 49.1 Å². The molecule has 0 aromatic heterocycles. The van der Waals surface area contributed by atoms with E-state index in [2.05, 4.69) is 42.5 Å². The first-order valence-corrected chi connectivity index (χ1v) is 8.11. The summed E-state index contributed by atoms with van der Waals surface area (Å²) in [4.78, 5) is 12.1. The fourth-order valence-corrected chi connectivity index (χ4v) is 3.19. The van der Waals surface area contributed by atoms with Crippen molar-refractivity contribution in [3.8, 4) is 0 Å². The molecule has 2 rings (SSSR count). The molecule has 0 spiro atoms. The topological polar surface area (TPSA) is 41.1 Å². The Balaban J connectivity index is 1.99. The number of amides is 1. The molecule has 5 heteroatoms. The summed E-state index contributed by atoms with van der Waals surface area (Å²) in [7, 11) is 0. The molecule has 110 valence electrons. The lowest BCUT2D eigenvalue weighted by Crippen LogP contribution is -2.22. The fraction of sp³-hybridized carbons (Fsp3) is 0.188. The minimum Gasteiger partial charge on any atom is -0.375 e. The highest BCUT2D eigenvalue weighted by Gasteiger charge is 2.08. The van der Waals surface area contributed by atoms with E-state index in [1.807, 2.05) is 50.2 Å². The van der Waals surface area contributed by atoms with E-state index in [-0.39, 0.29) is 12.5 Å². The monoisotopic (exact) mass is 410 g/mol. The molecule has 2 N–H and O–H groups in total. The number of benzene rings is 2. The molecule has 1 amide bonds. The summed E-state index contributed by atoms with van der Waals surface area (Å²) in [6.07, 6.45) is 0. The van der Waals surface area contributed by atoms with Crippen molar-refractivity contribution < 1.29 is 4.79 Å². The number of carbonyl (C=O) groups excluding carboxylic acids is 1. The molecule has 0 bridgehead atoms. The van der Waals surface area contributed by atoms with E-state index in [4.69, 9.17) is 0 Å². The molecule has 0 heterocycles. The number of nitrogens with one attached hydrogen (secondary N) is 2. The third kappa shape index (κ3) is 4.32. The maximum Gasteiger partial charge on any atom is 0.243 e. The number of aryl methyl sites for hydroxylation is 2. The Labute approximate surface area is 141 Å². The van der Waals surface area contributed by atoms with E-state index in [0.717, 1.165) is 31.4 Å². The van der Waals surface area contributed by atoms with E-state index in [1.54, 1.807) is 0 Å². The van der Waals surface area contributed by atoms with Gasteiger partial charge >= 0.3 is 0 Å². The Morgan fingerprint density at radius 1 is 1.10 bits per heavy atom. The van der Waals surface area contributed by atoms with Gasteiger partial charge in [-0.15, -0.1) is 0 Å². The van der Waals surface area contributed by atoms with Gasteiger partial charge in [-0.2, -0.15) is 0 Å². The maximum atomic E-state index is 12.1. The Morgan fingerprint density at radius 2 is 1.76 bits per heavy atom. The number of para-hydroxylation sites is 1. The van der Waals surface area contributed by atoms with Crippen LogP contribution in [0.1, 0.15) is 11.1 Å². The molecule has 0 fully saturated rings. The van der Waals surface area contributed by atoms with Crippen LogP contribution >= 0.6 is 31.9 Å². The van der Waals surface area contributed by atoms with Crippen LogP contribution in [0.15, 0.2) is 45.3 Å². The predicted octanol–water partition coefficient (Wildman–Crippen LogP) is 4.88. The van der Waals surface area contributed by atoms with Crippen LogP contribution in [0.5, 0.6) is 0 Å². The summed E-state index contributed by atoms with van der Waals surface area (Å²) in [6.45, 7) is 4.19. The summed E-state index contributed by atoms with van der Waals surface area (Å²) >= 11 is 6.86. The predicted molar refractivity (Wildman–Crippen MR) is 94.9 cm³/mol. The summed E-state index contributed by atoms with van der Waals surface area (Å²) in [6, 6.07) is 11.7. The van der Waals surface area contributed by atoms with Crippen molar-refractivity contribution in [2.24, 2.45) is 0 Å². The van der Waals surface area contributed by atoms with Gasteiger partial charge in [-0.3, -0.25) is 4.79 Å². The largest absolute Gasteiger partial charge is 0.375 e. The molecule has 0 saturated carbocycles. The van der Waals surface area contributed by atoms with Crippen LogP contribution in [0.3, 0.4) is 0 Å². The molecule has 3 nitrogen and oxygen atoms in total. The van der Waals surface area contributed by atoms with Gasteiger partial charge in [-0.05, 0) is 59.1 Å². The molecule has 0 atom stereocenters. The fourth-order valence-electron chi connectivity index (χ4n) is 2.00. The highest BCUT2D eigenvalue weighted by Crippen LogP contribution is 2.26. The molecule has 0 aliphatic rings. The van der Waals surface area contributed by atoms with Crippen molar-refractivity contribution in [1.82, 2.24) is 0 Å². The molecule has 2 aromatic rings. The molecule has 0 unspecified atom stereocenters. The first kappa shape index (κ1) is 16.0. The SMILES string of the molecule is Cc1cccc(C)c1NC(=O)CNc1ccc(Br)cc1Br. The quantitative estimate of drug-likeness (QED) is 0.752. The smallest absolute Gasteiger partial charge is 0.243 e. The van der Waals surface area contributed by atoms with Crippen LogP contribution in [0, 0.1) is 13.8 Å². The average molecular weight is 412 g/mol. The van der Waals surface area contributed by atoms with Gasteiger partial charge in [-0.25, -0.2) is 0 Å². The van der Waals surface area contributed by atoms with Crippen molar-refractivity contribution in [2.45, 2.75) is 13.8 Å². The lowest BCUT2D eigenvalue weighted by molar-refractivity contribution is -0.114. The minimum absolute atomic E-state index is 0.0674. The van der Waals surface area contributed by atoms with E-state index in [0.29, 0.717) is 0 Å². The van der Waals surface area contributed by atoms with Gasteiger partial charge in [0.2, 0.25) is 5.91 Å². The minimum atomic E-state index is -0.0674. The van der Waals surface area contributed by atoms with Gasteiger partial charge in [0, 0.05) is 20.3 Å². The zero-order valence-corrected chi connectivity index (χ0v) is 15.0. The zero-order chi connectivity index (χ0) is 15.4. The Hall–Kier alpha value is -1.33. The second-order valence-corrected chi connectivity index (χ2v) is 6.56. The number of halogens is 2. The lowest BCUT2D eigenvalue weighted by Gasteiger charge is -2.13. The van der Waals surface area contributed by atoms with Crippen LogP contribution in [-0.2, 0) is 4.79 Å². The number of rotatable bonds is 4. The van der Waals surface area contributed by atoms with Gasteiger partial charge in [0.15, 0.2) is 0 Å². The highest BCUT2D eigenvalue weighted by molar-refractivity contribution is 9.11. The van der Waals surface area contributed by atoms with E-state index >= 15 is 0 Å². The Morgan fingerprint density at radius 3 is 2.38 bits per heavy atom. The van der Waals surface area contributed by atoms with Crippen molar-refractivity contribution in [2.75, 3.05) is 17.2 Å². The molecule has 0 saturated heterocycles. The van der Waals surface area contributed by atoms with Crippen LogP contribution in [-0.4, -0.2) is 12.5 Å². The third-order valence-electron chi connectivity index (χ3n) is 3.12. The van der Waals surface area contributed by atoms with Crippen molar-refractivity contribution in [3.05, 3.63) is 56.5 Å². The van der Waals surface area contributed by atoms with Crippen LogP contribution in [0.25, 0.3) is 0 Å². The van der Waals surface area contributed by atoms with E-state index < -0.39 is 0 Å². The van der Waals surface area contributed by atoms with Crippen LogP contribution in [0.2, 0.25) is 0 Å². The maximum absolute atomic E-state index is 12.1. The van der Waals surface area contributed by atoms with Crippen molar-refractivity contribution in [1.29, 1.82) is 0 Å². The number of anilines is 2. The number of hydrogen-bond acceptors (Lipinski definition) is 2. The average Bonchev–Trinajstić information content (AvgIpc) is 2.42. The summed E-state index contributed by atoms with van der Waals surface area (Å²) in [5.74, 6) is -0.0674. The zero-order valence-electron chi connectivity index (χ0n) is 11.8. The number of carbonyl (C=O) groups is 1. The van der Waals surface area contributed by atoms with Gasteiger partial charge in [0.25, 0.3) is 0 Å². The molecule has 0 aliphatic heterocycles. The van der Waals surface area contributed by atoms with E-state index in [1.165, 1.54) is 0 Å². The van der Waals surface area contributed by atoms with E-state index in [9.17, 15) is 4.79 Å². The van der Waals surface area contributed by atoms with Gasteiger partial charge in [0.05, 0.1) is 6.54 Å². The first-order chi connectivity index (χ1) is 9.97. The standard InChI is InChI=1S/C16H16Br2N2O/c1-10-4-3-5-11(2)16(10)20-15(21)9-19-14-7-6-12(17)8-13(14)18/h3-8,19H,9H2,1-2H3,(H,20,21). The molecule has 2 aromatic carbocycles. The highest BCUT2D eigenvalue weighted by atomic mass is 79.9. The normalized spacial score (nSPS) is 10.3. The third-order valence-corrected chi connectivity index (χ3v) is 4.27. The second-order valence-electron chi connectivity index (χ2n) is 4.79. The second kappa shape index (κ2) is 7.09. The molecule has 0 aliphatic carbocycles. The van der Waals surface area contributed by atoms with Crippen LogP contribution < -0.4 is 10.6 Å². The Bertz CT molecular complexity index is 651. The molecular weight excluding hydrogens is 396 g/mol. The summed E-state index contributed by atoms with van der Waals surface area (Å²) in [5, 5.41) is 6.07. The summed E-state index contributed by atoms with van der Waals surface area (Å²) < 4.78 is 1.90. The number of hydrogen-bond donors (Lipinski definition) is 2. The molecule has 21 heavy (non-hydrogen) atoms. The molecule has 0 radical (unpaired) electrons. The Kier molecular flexibility index (Phi) is 5.42. The van der Waals surface area contributed by atoms with Crippen molar-refractivity contribution in [3.63, 3.8) is 0 Å². The first-order valence-electron chi connectivity index (χ1n) is 6.52. The summed E-state index contributed by atoms with van der Waals surface area (Å²) in [5.41, 5.74) is 3.90. The van der Waals surface area contributed by atoms with Gasteiger partial charge in [0.1, 0.15) is 0 Å². The lowest BCUT2D eigenvalue weighted by atomic mass is 10.1. The van der Waals surface area contributed by atoms with Crippen LogP contribution in [0.4, 0.5) is 11.4 Å².